The Hall–Kier alpha value is -2.32. The first kappa shape index (κ1) is 15.7. The lowest BCUT2D eigenvalue weighted by molar-refractivity contribution is 0.194. The number of hydrogen-bond donors (Lipinski definition) is 1. The van der Waals surface area contributed by atoms with Crippen LogP contribution < -0.4 is 0 Å². The number of aromatic hydroxyl groups is 1. The molecular formula is C18H20O2. The van der Waals surface area contributed by atoms with Gasteiger partial charge in [-0.25, -0.2) is 0 Å². The zero-order valence-corrected chi connectivity index (χ0v) is 11.5. The molecular weight excluding hydrogens is 248 g/mol. The molecule has 0 heterocycles. The van der Waals surface area contributed by atoms with Gasteiger partial charge >= 0.3 is 0 Å². The topological polar surface area (TPSA) is 29.5 Å². The normalized spacial score (nSPS) is 9.20. The molecule has 0 atom stereocenters. The van der Waals surface area contributed by atoms with E-state index >= 15 is 0 Å². The van der Waals surface area contributed by atoms with Crippen LogP contribution in [0.25, 0.3) is 11.1 Å². The molecule has 0 radical (unpaired) electrons. The third-order valence-corrected chi connectivity index (χ3v) is 2.45. The predicted molar refractivity (Wildman–Crippen MR) is 84.8 cm³/mol. The van der Waals surface area contributed by atoms with Crippen LogP contribution in [0, 0.1) is 0 Å². The molecule has 0 aromatic heterocycles. The van der Waals surface area contributed by atoms with E-state index in [1.807, 2.05) is 42.5 Å². The van der Waals surface area contributed by atoms with E-state index < -0.39 is 0 Å². The molecule has 0 saturated heterocycles. The van der Waals surface area contributed by atoms with E-state index in [1.165, 1.54) is 5.56 Å². The molecule has 0 bridgehead atoms. The Labute approximate surface area is 120 Å². The molecule has 0 saturated carbocycles. The highest BCUT2D eigenvalue weighted by Crippen LogP contribution is 2.20. The molecule has 2 aromatic carbocycles. The van der Waals surface area contributed by atoms with E-state index in [0.29, 0.717) is 19.0 Å². The fourth-order valence-corrected chi connectivity index (χ4v) is 1.52. The van der Waals surface area contributed by atoms with E-state index in [9.17, 15) is 0 Å². The molecule has 20 heavy (non-hydrogen) atoms. The molecule has 2 aromatic rings. The lowest BCUT2D eigenvalue weighted by atomic mass is 10.1. The Morgan fingerprint density at radius 3 is 1.80 bits per heavy atom. The van der Waals surface area contributed by atoms with Crippen LogP contribution in [0.15, 0.2) is 79.9 Å². The van der Waals surface area contributed by atoms with Gasteiger partial charge in [-0.1, -0.05) is 54.6 Å². The summed E-state index contributed by atoms with van der Waals surface area (Å²) in [6.45, 7) is 8.18. The average Bonchev–Trinajstić information content (AvgIpc) is 2.50. The van der Waals surface area contributed by atoms with Crippen LogP contribution in [0.4, 0.5) is 0 Å². The summed E-state index contributed by atoms with van der Waals surface area (Å²) in [6.07, 6.45) is 3.42. The number of benzene rings is 2. The predicted octanol–water partition coefficient (Wildman–Crippen LogP) is 4.43. The Kier molecular flexibility index (Phi) is 7.55. The van der Waals surface area contributed by atoms with E-state index in [4.69, 9.17) is 9.84 Å². The minimum absolute atomic E-state index is 0.305. The van der Waals surface area contributed by atoms with Crippen LogP contribution in [-0.4, -0.2) is 18.3 Å². The van der Waals surface area contributed by atoms with Gasteiger partial charge in [-0.3, -0.25) is 0 Å². The SMILES string of the molecule is C=CCOCC=C.Oc1ccc(-c2ccccc2)cc1. The van der Waals surface area contributed by atoms with Gasteiger partial charge < -0.3 is 9.84 Å². The van der Waals surface area contributed by atoms with Gasteiger partial charge in [0, 0.05) is 0 Å². The number of phenolic OH excluding ortho intramolecular Hbond substituents is 1. The zero-order valence-electron chi connectivity index (χ0n) is 11.5. The van der Waals surface area contributed by atoms with Crippen molar-refractivity contribution in [2.45, 2.75) is 0 Å². The average molecular weight is 268 g/mol. The van der Waals surface area contributed by atoms with Crippen molar-refractivity contribution >= 4 is 0 Å². The van der Waals surface area contributed by atoms with Crippen LogP contribution in [0.2, 0.25) is 0 Å². The summed E-state index contributed by atoms with van der Waals surface area (Å²) in [7, 11) is 0. The van der Waals surface area contributed by atoms with Gasteiger partial charge in [0.25, 0.3) is 0 Å². The molecule has 2 heteroatoms. The second-order valence-electron chi connectivity index (χ2n) is 4.03. The zero-order chi connectivity index (χ0) is 14.6. The van der Waals surface area contributed by atoms with Crippen LogP contribution in [0.3, 0.4) is 0 Å². The minimum atomic E-state index is 0.305. The number of phenols is 1. The summed E-state index contributed by atoms with van der Waals surface area (Å²) in [5.41, 5.74) is 2.29. The molecule has 0 spiro atoms. The second kappa shape index (κ2) is 9.59. The summed E-state index contributed by atoms with van der Waals surface area (Å²) < 4.78 is 4.90. The van der Waals surface area contributed by atoms with Crippen molar-refractivity contribution in [2.75, 3.05) is 13.2 Å². The van der Waals surface area contributed by atoms with Crippen molar-refractivity contribution < 1.29 is 9.84 Å². The molecule has 0 aliphatic rings. The first-order valence-corrected chi connectivity index (χ1v) is 6.42. The highest BCUT2D eigenvalue weighted by Gasteiger charge is 1.94. The third-order valence-electron chi connectivity index (χ3n) is 2.45. The van der Waals surface area contributed by atoms with Crippen molar-refractivity contribution in [3.8, 4) is 16.9 Å². The quantitative estimate of drug-likeness (QED) is 0.642. The van der Waals surface area contributed by atoms with Crippen LogP contribution in [0.5, 0.6) is 5.75 Å². The summed E-state index contributed by atoms with van der Waals surface area (Å²) in [5, 5.41) is 9.10. The van der Waals surface area contributed by atoms with E-state index in [0.717, 1.165) is 5.56 Å². The first-order chi connectivity index (χ1) is 9.77. The van der Waals surface area contributed by atoms with Crippen molar-refractivity contribution in [1.29, 1.82) is 0 Å². The van der Waals surface area contributed by atoms with Gasteiger partial charge in [-0.05, 0) is 23.3 Å². The van der Waals surface area contributed by atoms with Crippen molar-refractivity contribution in [3.63, 3.8) is 0 Å². The fourth-order valence-electron chi connectivity index (χ4n) is 1.52. The Bertz CT molecular complexity index is 493. The lowest BCUT2D eigenvalue weighted by Gasteiger charge is -2.00. The number of ether oxygens (including phenoxy) is 1. The summed E-state index contributed by atoms with van der Waals surface area (Å²) in [6, 6.07) is 17.3. The minimum Gasteiger partial charge on any atom is -0.508 e. The summed E-state index contributed by atoms with van der Waals surface area (Å²) in [5.74, 6) is 0.305. The standard InChI is InChI=1S/C12H10O.C6H10O/c13-12-8-6-11(7-9-12)10-4-2-1-3-5-10;1-3-5-7-6-4-2/h1-9,13H;3-4H,1-2,5-6H2. The largest absolute Gasteiger partial charge is 0.508 e. The Morgan fingerprint density at radius 2 is 1.30 bits per heavy atom. The Balaban J connectivity index is 0.000000246. The maximum Gasteiger partial charge on any atom is 0.115 e. The van der Waals surface area contributed by atoms with E-state index in [1.54, 1.807) is 24.3 Å². The molecule has 0 amide bonds. The molecule has 0 aliphatic carbocycles. The number of hydrogen-bond acceptors (Lipinski definition) is 2. The highest BCUT2D eigenvalue weighted by atomic mass is 16.5. The molecule has 0 aliphatic heterocycles. The van der Waals surface area contributed by atoms with Crippen LogP contribution in [0.1, 0.15) is 0 Å². The second-order valence-corrected chi connectivity index (χ2v) is 4.03. The van der Waals surface area contributed by atoms with Gasteiger partial charge in [0.15, 0.2) is 0 Å². The van der Waals surface area contributed by atoms with E-state index in [-0.39, 0.29) is 0 Å². The van der Waals surface area contributed by atoms with Crippen molar-refractivity contribution in [3.05, 3.63) is 79.9 Å². The molecule has 0 fully saturated rings. The molecule has 104 valence electrons. The summed E-state index contributed by atoms with van der Waals surface area (Å²) in [4.78, 5) is 0. The molecule has 0 unspecified atom stereocenters. The lowest BCUT2D eigenvalue weighted by Crippen LogP contribution is -1.87. The smallest absolute Gasteiger partial charge is 0.115 e. The third kappa shape index (κ3) is 6.03. The maximum atomic E-state index is 9.10. The fraction of sp³-hybridized carbons (Fsp3) is 0.111. The monoisotopic (exact) mass is 268 g/mol. The maximum absolute atomic E-state index is 9.10. The number of rotatable bonds is 5. The van der Waals surface area contributed by atoms with Gasteiger partial charge in [0.1, 0.15) is 5.75 Å². The van der Waals surface area contributed by atoms with Gasteiger partial charge in [-0.15, -0.1) is 13.2 Å². The first-order valence-electron chi connectivity index (χ1n) is 6.42. The van der Waals surface area contributed by atoms with Gasteiger partial charge in [-0.2, -0.15) is 0 Å². The molecule has 2 rings (SSSR count). The van der Waals surface area contributed by atoms with Crippen molar-refractivity contribution in [1.82, 2.24) is 0 Å². The molecule has 2 nitrogen and oxygen atoms in total. The summed E-state index contributed by atoms with van der Waals surface area (Å²) >= 11 is 0. The molecule has 1 N–H and O–H groups in total. The van der Waals surface area contributed by atoms with Crippen molar-refractivity contribution in [2.24, 2.45) is 0 Å². The van der Waals surface area contributed by atoms with Crippen LogP contribution >= 0.6 is 0 Å². The van der Waals surface area contributed by atoms with Gasteiger partial charge in [0.05, 0.1) is 13.2 Å². The van der Waals surface area contributed by atoms with Gasteiger partial charge in [0.2, 0.25) is 0 Å². The Morgan fingerprint density at radius 1 is 0.800 bits per heavy atom. The highest BCUT2D eigenvalue weighted by molar-refractivity contribution is 5.63. The van der Waals surface area contributed by atoms with E-state index in [2.05, 4.69) is 13.2 Å². The van der Waals surface area contributed by atoms with Crippen LogP contribution in [-0.2, 0) is 4.74 Å².